The van der Waals surface area contributed by atoms with Crippen LogP contribution in [0.25, 0.3) is 0 Å². The van der Waals surface area contributed by atoms with Crippen LogP contribution in [0.1, 0.15) is 0 Å². The molecule has 0 radical (unpaired) electrons. The molecule has 80 valence electrons. The van der Waals surface area contributed by atoms with E-state index in [9.17, 15) is 0 Å². The van der Waals surface area contributed by atoms with Crippen LogP contribution in [-0.4, -0.2) is 54.1 Å². The fourth-order valence-electron chi connectivity index (χ4n) is 0.705. The summed E-state index contributed by atoms with van der Waals surface area (Å²) in [7, 11) is 2.17. The third-order valence-electron chi connectivity index (χ3n) is 1.38. The second kappa shape index (κ2) is 6.62. The van der Waals surface area contributed by atoms with Crippen molar-refractivity contribution < 1.29 is 26.2 Å². The summed E-state index contributed by atoms with van der Waals surface area (Å²) in [6.07, 6.45) is 0. The molecule has 0 aromatic carbocycles. The Balaban J connectivity index is 4.21. The van der Waals surface area contributed by atoms with E-state index in [-0.39, 0.29) is 0 Å². The Kier molecular flexibility index (Phi) is 6.72. The van der Waals surface area contributed by atoms with Gasteiger partial charge in [0.25, 0.3) is 0 Å². The van der Waals surface area contributed by atoms with E-state index in [4.69, 9.17) is 26.2 Å². The van der Waals surface area contributed by atoms with Crippen molar-refractivity contribution in [3.8, 4) is 0 Å². The van der Waals surface area contributed by atoms with Crippen molar-refractivity contribution in [2.24, 2.45) is 0 Å². The maximum atomic E-state index is 5.35. The SMILES string of the molecule is CO[SiH](OC)O[Si](OC)(OC)OC. The number of rotatable bonds is 7. The van der Waals surface area contributed by atoms with E-state index in [1.807, 2.05) is 0 Å². The van der Waals surface area contributed by atoms with E-state index in [0.717, 1.165) is 0 Å². The Morgan fingerprint density at radius 2 is 1.15 bits per heavy atom. The molecule has 0 fully saturated rings. The van der Waals surface area contributed by atoms with Crippen LogP contribution in [0.2, 0.25) is 0 Å². The zero-order valence-electron chi connectivity index (χ0n) is 8.53. The van der Waals surface area contributed by atoms with Crippen LogP contribution in [0.3, 0.4) is 0 Å². The predicted octanol–water partition coefficient (Wildman–Crippen LogP) is -0.612. The van der Waals surface area contributed by atoms with Gasteiger partial charge in [0.1, 0.15) is 0 Å². The third-order valence-corrected chi connectivity index (χ3v) is 5.57. The van der Waals surface area contributed by atoms with E-state index in [1.165, 1.54) is 35.5 Å². The number of hydrogen-bond donors (Lipinski definition) is 0. The summed E-state index contributed by atoms with van der Waals surface area (Å²) in [5.74, 6) is 0. The molecule has 0 amide bonds. The Bertz CT molecular complexity index is 118. The minimum Gasteiger partial charge on any atom is -0.380 e. The first-order chi connectivity index (χ1) is 6.17. The molecule has 0 aromatic heterocycles. The van der Waals surface area contributed by atoms with Gasteiger partial charge in [0.05, 0.1) is 0 Å². The molecular formula is C5H16O6Si2. The molecule has 0 spiro atoms. The summed E-state index contributed by atoms with van der Waals surface area (Å²) < 4.78 is 30.3. The van der Waals surface area contributed by atoms with Crippen molar-refractivity contribution in [1.82, 2.24) is 0 Å². The summed E-state index contributed by atoms with van der Waals surface area (Å²) in [5, 5.41) is 0. The molecule has 8 heteroatoms. The Hall–Kier alpha value is 0.194. The molecular weight excluding hydrogens is 212 g/mol. The lowest BCUT2D eigenvalue weighted by molar-refractivity contribution is 0.0260. The summed E-state index contributed by atoms with van der Waals surface area (Å²) >= 11 is 0. The molecule has 0 aromatic rings. The van der Waals surface area contributed by atoms with Crippen LogP contribution in [0, 0.1) is 0 Å². The van der Waals surface area contributed by atoms with Crippen molar-refractivity contribution in [1.29, 1.82) is 0 Å². The van der Waals surface area contributed by atoms with Crippen molar-refractivity contribution in [2.45, 2.75) is 0 Å². The lowest BCUT2D eigenvalue weighted by Gasteiger charge is -2.25. The first-order valence-corrected chi connectivity index (χ1v) is 6.61. The standard InChI is InChI=1S/C5H16O6Si2/c1-6-12(7-2)11-13(8-3,9-4)10-5/h12H,1-5H3. The van der Waals surface area contributed by atoms with Gasteiger partial charge >= 0.3 is 18.6 Å². The van der Waals surface area contributed by atoms with Gasteiger partial charge in [-0.3, -0.25) is 0 Å². The molecule has 13 heavy (non-hydrogen) atoms. The fourth-order valence-corrected chi connectivity index (χ4v) is 4.26. The molecule has 0 bridgehead atoms. The molecule has 0 atom stereocenters. The fraction of sp³-hybridized carbons (Fsp3) is 1.00. The molecule has 0 aliphatic carbocycles. The van der Waals surface area contributed by atoms with Crippen molar-refractivity contribution in [3.63, 3.8) is 0 Å². The highest BCUT2D eigenvalue weighted by atomic mass is 28.5. The summed E-state index contributed by atoms with van der Waals surface area (Å²) in [5.41, 5.74) is 0. The van der Waals surface area contributed by atoms with E-state index in [2.05, 4.69) is 0 Å². The quantitative estimate of drug-likeness (QED) is 0.542. The summed E-state index contributed by atoms with van der Waals surface area (Å²) in [6.45, 7) is 0. The molecule has 6 nitrogen and oxygen atoms in total. The minimum atomic E-state index is -3.01. The lowest BCUT2D eigenvalue weighted by atomic mass is 11.8. The van der Waals surface area contributed by atoms with Crippen molar-refractivity contribution in [3.05, 3.63) is 0 Å². The van der Waals surface area contributed by atoms with E-state index in [0.29, 0.717) is 0 Å². The average Bonchev–Trinajstić information content (AvgIpc) is 2.21. The maximum Gasteiger partial charge on any atom is 0.671 e. The van der Waals surface area contributed by atoms with Gasteiger partial charge in [-0.05, 0) is 0 Å². The van der Waals surface area contributed by atoms with Gasteiger partial charge in [-0.25, -0.2) is 0 Å². The van der Waals surface area contributed by atoms with Crippen molar-refractivity contribution in [2.75, 3.05) is 35.5 Å². The molecule has 0 saturated carbocycles. The molecule has 0 N–H and O–H groups in total. The largest absolute Gasteiger partial charge is 0.671 e. The van der Waals surface area contributed by atoms with Crippen molar-refractivity contribution >= 4 is 18.6 Å². The molecule has 0 aliphatic rings. The highest BCUT2D eigenvalue weighted by molar-refractivity contribution is 6.62. The number of hydrogen-bond acceptors (Lipinski definition) is 6. The van der Waals surface area contributed by atoms with Gasteiger partial charge in [0.15, 0.2) is 0 Å². The highest BCUT2D eigenvalue weighted by Crippen LogP contribution is 2.09. The molecule has 0 heterocycles. The first kappa shape index (κ1) is 13.2. The molecule has 0 aliphatic heterocycles. The van der Waals surface area contributed by atoms with Crippen LogP contribution in [0.5, 0.6) is 0 Å². The molecule has 0 unspecified atom stereocenters. The maximum absolute atomic E-state index is 5.35. The first-order valence-electron chi connectivity index (χ1n) is 3.56. The molecule has 0 rings (SSSR count). The summed E-state index contributed by atoms with van der Waals surface area (Å²) in [4.78, 5) is 0. The Morgan fingerprint density at radius 3 is 1.38 bits per heavy atom. The predicted molar refractivity (Wildman–Crippen MR) is 49.0 cm³/mol. The average molecular weight is 228 g/mol. The van der Waals surface area contributed by atoms with Crippen LogP contribution in [-0.2, 0) is 26.2 Å². The normalized spacial score (nSPS) is 12.5. The van der Waals surface area contributed by atoms with Gasteiger partial charge in [-0.2, -0.15) is 0 Å². The van der Waals surface area contributed by atoms with E-state index >= 15 is 0 Å². The topological polar surface area (TPSA) is 55.4 Å². The highest BCUT2D eigenvalue weighted by Gasteiger charge is 2.45. The second-order valence-corrected chi connectivity index (χ2v) is 6.68. The minimum absolute atomic E-state index is 1.45. The smallest absolute Gasteiger partial charge is 0.380 e. The van der Waals surface area contributed by atoms with Crippen LogP contribution in [0.15, 0.2) is 0 Å². The van der Waals surface area contributed by atoms with Crippen LogP contribution in [0.4, 0.5) is 0 Å². The van der Waals surface area contributed by atoms with Gasteiger partial charge in [0, 0.05) is 35.5 Å². The van der Waals surface area contributed by atoms with E-state index in [1.54, 1.807) is 0 Å². The lowest BCUT2D eigenvalue weighted by Crippen LogP contribution is -2.51. The van der Waals surface area contributed by atoms with Gasteiger partial charge < -0.3 is 26.2 Å². The van der Waals surface area contributed by atoms with E-state index < -0.39 is 18.6 Å². The van der Waals surface area contributed by atoms with Crippen LogP contribution < -0.4 is 0 Å². The zero-order chi connectivity index (χ0) is 10.3. The van der Waals surface area contributed by atoms with Gasteiger partial charge in [0.2, 0.25) is 0 Å². The van der Waals surface area contributed by atoms with Gasteiger partial charge in [-0.15, -0.1) is 0 Å². The Labute approximate surface area is 81.1 Å². The zero-order valence-corrected chi connectivity index (χ0v) is 10.7. The summed E-state index contributed by atoms with van der Waals surface area (Å²) in [6, 6.07) is 0. The van der Waals surface area contributed by atoms with Gasteiger partial charge in [-0.1, -0.05) is 0 Å². The second-order valence-electron chi connectivity index (χ2n) is 1.99. The monoisotopic (exact) mass is 228 g/mol. The Morgan fingerprint density at radius 1 is 0.769 bits per heavy atom. The third kappa shape index (κ3) is 3.83. The van der Waals surface area contributed by atoms with Crippen LogP contribution >= 0.6 is 0 Å². The molecule has 0 saturated heterocycles.